The minimum absolute atomic E-state index is 0.0182. The van der Waals surface area contributed by atoms with E-state index in [1.807, 2.05) is 12.1 Å². The predicted octanol–water partition coefficient (Wildman–Crippen LogP) is 3.00. The standard InChI is InChI=1S/C20H19ClFN5O/c1-10-25-18-12(19(23)28)3-2-4-13(18)20(26-10)27-17-9-24-8-14(17)11-5-6-15(21)16(22)7-11/h2-7,14,17,24H,8-9H2,1H3,(H2,23,28)(H,25,26,27)/t14-,17+/m1/s1. The van der Waals surface area contributed by atoms with E-state index in [1.54, 1.807) is 25.1 Å². The molecule has 0 unspecified atom stereocenters. The van der Waals surface area contributed by atoms with E-state index in [2.05, 4.69) is 20.6 Å². The highest BCUT2D eigenvalue weighted by molar-refractivity contribution is 6.30. The van der Waals surface area contributed by atoms with Gasteiger partial charge in [0.25, 0.3) is 5.91 Å². The molecule has 4 N–H and O–H groups in total. The second-order valence-corrected chi connectivity index (χ2v) is 7.28. The monoisotopic (exact) mass is 399 g/mol. The molecule has 1 saturated heterocycles. The van der Waals surface area contributed by atoms with Gasteiger partial charge in [-0.3, -0.25) is 4.79 Å². The molecular formula is C20H19ClFN5O. The zero-order valence-electron chi connectivity index (χ0n) is 15.2. The SMILES string of the molecule is Cc1nc(N[C@H]2CNC[C@@H]2c2ccc(Cl)c(F)c2)c2cccc(C(N)=O)c2n1. The number of carbonyl (C=O) groups is 1. The van der Waals surface area contributed by atoms with Crippen molar-refractivity contribution in [3.8, 4) is 0 Å². The Hall–Kier alpha value is -2.77. The van der Waals surface area contributed by atoms with Crippen LogP contribution >= 0.6 is 11.6 Å². The quantitative estimate of drug-likeness (QED) is 0.627. The Balaban J connectivity index is 1.72. The highest BCUT2D eigenvalue weighted by atomic mass is 35.5. The number of benzene rings is 2. The van der Waals surface area contributed by atoms with Crippen molar-refractivity contribution in [2.45, 2.75) is 18.9 Å². The van der Waals surface area contributed by atoms with Crippen molar-refractivity contribution in [3.05, 3.63) is 64.2 Å². The van der Waals surface area contributed by atoms with E-state index in [4.69, 9.17) is 17.3 Å². The number of halogens is 2. The number of nitrogens with one attached hydrogen (secondary N) is 2. The van der Waals surface area contributed by atoms with Crippen LogP contribution in [0, 0.1) is 12.7 Å². The molecule has 0 radical (unpaired) electrons. The maximum atomic E-state index is 13.9. The number of hydrogen-bond acceptors (Lipinski definition) is 5. The zero-order chi connectivity index (χ0) is 19.8. The lowest BCUT2D eigenvalue weighted by atomic mass is 9.94. The summed E-state index contributed by atoms with van der Waals surface area (Å²) in [6, 6.07) is 10.1. The maximum Gasteiger partial charge on any atom is 0.250 e. The molecule has 0 bridgehead atoms. The van der Waals surface area contributed by atoms with Gasteiger partial charge in [-0.1, -0.05) is 23.7 Å². The number of hydrogen-bond donors (Lipinski definition) is 3. The Labute approximate surface area is 166 Å². The van der Waals surface area contributed by atoms with E-state index in [-0.39, 0.29) is 17.0 Å². The molecule has 3 aromatic rings. The third kappa shape index (κ3) is 3.39. The molecule has 1 aromatic heterocycles. The third-order valence-corrected chi connectivity index (χ3v) is 5.32. The van der Waals surface area contributed by atoms with Gasteiger partial charge in [-0.2, -0.15) is 0 Å². The number of nitrogens with two attached hydrogens (primary N) is 1. The predicted molar refractivity (Wildman–Crippen MR) is 107 cm³/mol. The summed E-state index contributed by atoms with van der Waals surface area (Å²) in [6.07, 6.45) is 0. The Bertz CT molecular complexity index is 1070. The van der Waals surface area contributed by atoms with E-state index >= 15 is 0 Å². The lowest BCUT2D eigenvalue weighted by Gasteiger charge is -2.22. The van der Waals surface area contributed by atoms with Crippen LogP contribution in [0.5, 0.6) is 0 Å². The highest BCUT2D eigenvalue weighted by Crippen LogP contribution is 2.30. The van der Waals surface area contributed by atoms with E-state index in [0.29, 0.717) is 35.8 Å². The second-order valence-electron chi connectivity index (χ2n) is 6.87. The Morgan fingerprint density at radius 2 is 2.11 bits per heavy atom. The molecule has 144 valence electrons. The molecule has 1 aliphatic rings. The minimum atomic E-state index is -0.535. The lowest BCUT2D eigenvalue weighted by Crippen LogP contribution is -2.28. The van der Waals surface area contributed by atoms with Crippen molar-refractivity contribution in [1.82, 2.24) is 15.3 Å². The van der Waals surface area contributed by atoms with Crippen LogP contribution in [-0.2, 0) is 0 Å². The van der Waals surface area contributed by atoms with E-state index in [9.17, 15) is 9.18 Å². The summed E-state index contributed by atoms with van der Waals surface area (Å²) in [7, 11) is 0. The molecule has 1 aliphatic heterocycles. The number of aryl methyl sites for hydroxylation is 1. The number of nitrogens with zero attached hydrogens (tertiary/aromatic N) is 2. The highest BCUT2D eigenvalue weighted by Gasteiger charge is 2.30. The number of carbonyl (C=O) groups excluding carboxylic acids is 1. The van der Waals surface area contributed by atoms with Crippen molar-refractivity contribution in [2.24, 2.45) is 5.73 Å². The van der Waals surface area contributed by atoms with Crippen molar-refractivity contribution in [2.75, 3.05) is 18.4 Å². The fourth-order valence-electron chi connectivity index (χ4n) is 3.67. The van der Waals surface area contributed by atoms with Gasteiger partial charge in [0, 0.05) is 30.4 Å². The van der Waals surface area contributed by atoms with Crippen LogP contribution in [-0.4, -0.2) is 35.0 Å². The first kappa shape index (κ1) is 18.6. The van der Waals surface area contributed by atoms with E-state index in [0.717, 1.165) is 10.9 Å². The van der Waals surface area contributed by atoms with Gasteiger partial charge in [0.15, 0.2) is 0 Å². The molecular weight excluding hydrogens is 381 g/mol. The molecule has 2 aromatic carbocycles. The molecule has 0 aliphatic carbocycles. The van der Waals surface area contributed by atoms with Gasteiger partial charge >= 0.3 is 0 Å². The normalized spacial score (nSPS) is 19.1. The molecule has 1 amide bonds. The first-order valence-corrected chi connectivity index (χ1v) is 9.31. The van der Waals surface area contributed by atoms with E-state index in [1.165, 1.54) is 6.07 Å². The fraction of sp³-hybridized carbons (Fsp3) is 0.250. The molecule has 2 heterocycles. The smallest absolute Gasteiger partial charge is 0.250 e. The van der Waals surface area contributed by atoms with Crippen molar-refractivity contribution < 1.29 is 9.18 Å². The molecule has 8 heteroatoms. The number of rotatable bonds is 4. The fourth-order valence-corrected chi connectivity index (χ4v) is 3.79. The number of amides is 1. The Morgan fingerprint density at radius 1 is 1.29 bits per heavy atom. The van der Waals surface area contributed by atoms with Gasteiger partial charge in [-0.25, -0.2) is 14.4 Å². The van der Waals surface area contributed by atoms with E-state index < -0.39 is 11.7 Å². The van der Waals surface area contributed by atoms with Gasteiger partial charge in [0.2, 0.25) is 0 Å². The Kier molecular flexibility index (Phi) is 4.87. The van der Waals surface area contributed by atoms with Crippen LogP contribution in [0.1, 0.15) is 27.7 Å². The topological polar surface area (TPSA) is 92.9 Å². The summed E-state index contributed by atoms with van der Waals surface area (Å²) in [5.74, 6) is 0.227. The molecule has 0 spiro atoms. The third-order valence-electron chi connectivity index (χ3n) is 5.01. The van der Waals surface area contributed by atoms with Gasteiger partial charge in [-0.15, -0.1) is 0 Å². The molecule has 1 fully saturated rings. The molecule has 0 saturated carbocycles. The van der Waals surface area contributed by atoms with Crippen LogP contribution in [0.4, 0.5) is 10.2 Å². The second kappa shape index (κ2) is 7.33. The first-order chi connectivity index (χ1) is 13.4. The van der Waals surface area contributed by atoms with Gasteiger partial charge in [0.05, 0.1) is 16.1 Å². The first-order valence-electron chi connectivity index (χ1n) is 8.93. The molecule has 28 heavy (non-hydrogen) atoms. The number of primary amides is 1. The summed E-state index contributed by atoms with van der Waals surface area (Å²) in [4.78, 5) is 20.7. The summed E-state index contributed by atoms with van der Waals surface area (Å²) in [6.45, 7) is 3.16. The maximum absolute atomic E-state index is 13.9. The van der Waals surface area contributed by atoms with Crippen LogP contribution in [0.25, 0.3) is 10.9 Å². The molecule has 4 rings (SSSR count). The summed E-state index contributed by atoms with van der Waals surface area (Å²) < 4.78 is 13.9. The number of fused-ring (bicyclic) bond motifs is 1. The summed E-state index contributed by atoms with van der Waals surface area (Å²) in [5.41, 5.74) is 7.22. The average molecular weight is 400 g/mol. The summed E-state index contributed by atoms with van der Waals surface area (Å²) >= 11 is 5.82. The van der Waals surface area contributed by atoms with Crippen LogP contribution < -0.4 is 16.4 Å². The van der Waals surface area contributed by atoms with Gasteiger partial charge in [0.1, 0.15) is 17.5 Å². The summed E-state index contributed by atoms with van der Waals surface area (Å²) in [5, 5.41) is 7.61. The van der Waals surface area contributed by atoms with Crippen molar-refractivity contribution >= 4 is 34.2 Å². The minimum Gasteiger partial charge on any atom is -0.366 e. The van der Waals surface area contributed by atoms with Crippen LogP contribution in [0.15, 0.2) is 36.4 Å². The van der Waals surface area contributed by atoms with Crippen molar-refractivity contribution in [3.63, 3.8) is 0 Å². The van der Waals surface area contributed by atoms with Gasteiger partial charge in [-0.05, 0) is 36.8 Å². The van der Waals surface area contributed by atoms with Gasteiger partial charge < -0.3 is 16.4 Å². The Morgan fingerprint density at radius 3 is 2.86 bits per heavy atom. The van der Waals surface area contributed by atoms with Crippen molar-refractivity contribution in [1.29, 1.82) is 0 Å². The number of aromatic nitrogens is 2. The lowest BCUT2D eigenvalue weighted by molar-refractivity contribution is 0.100. The molecule has 6 nitrogen and oxygen atoms in total. The number of para-hydroxylation sites is 1. The average Bonchev–Trinajstić information content (AvgIpc) is 3.11. The van der Waals surface area contributed by atoms with Crippen LogP contribution in [0.2, 0.25) is 5.02 Å². The van der Waals surface area contributed by atoms with Crippen LogP contribution in [0.3, 0.4) is 0 Å². The number of anilines is 1. The zero-order valence-corrected chi connectivity index (χ0v) is 15.9. The largest absolute Gasteiger partial charge is 0.366 e. The molecule has 2 atom stereocenters.